The maximum atomic E-state index is 13.0. The fraction of sp³-hybridized carbons (Fsp3) is 0.800. The Bertz CT molecular complexity index is 656. The minimum Gasteiger partial charge on any atom is -0.445 e. The van der Waals surface area contributed by atoms with Gasteiger partial charge in [-0.25, -0.2) is 4.98 Å². The van der Waals surface area contributed by atoms with Gasteiger partial charge in [0.1, 0.15) is 5.76 Å². The Morgan fingerprint density at radius 3 is 2.87 bits per heavy atom. The van der Waals surface area contributed by atoms with Gasteiger partial charge in [0.25, 0.3) is 10.2 Å². The topological polar surface area (TPSA) is 75.9 Å². The first-order valence-corrected chi connectivity index (χ1v) is 9.57. The van der Waals surface area contributed by atoms with Gasteiger partial charge in [-0.1, -0.05) is 13.8 Å². The molecule has 0 bridgehead atoms. The molecular formula is C15H25N3O4S. The SMILES string of the molecule is COCC1CCCN1S(=O)(=O)N1CCc2oc(C(C)C)nc2C1. The molecule has 3 rings (SSSR count). The van der Waals surface area contributed by atoms with Crippen molar-refractivity contribution in [1.29, 1.82) is 0 Å². The number of fused-ring (bicyclic) bond motifs is 1. The Hall–Kier alpha value is -0.960. The first-order chi connectivity index (χ1) is 10.9. The zero-order valence-corrected chi connectivity index (χ0v) is 14.8. The van der Waals surface area contributed by atoms with E-state index >= 15 is 0 Å². The van der Waals surface area contributed by atoms with Crippen LogP contribution in [-0.2, 0) is 27.9 Å². The van der Waals surface area contributed by atoms with E-state index in [1.807, 2.05) is 13.8 Å². The molecule has 2 aliphatic rings. The lowest BCUT2D eigenvalue weighted by Crippen LogP contribution is -2.48. The van der Waals surface area contributed by atoms with Crippen molar-refractivity contribution in [3.8, 4) is 0 Å². The molecule has 3 heterocycles. The van der Waals surface area contributed by atoms with Crippen LogP contribution >= 0.6 is 0 Å². The highest BCUT2D eigenvalue weighted by atomic mass is 32.2. The van der Waals surface area contributed by atoms with E-state index in [1.54, 1.807) is 11.4 Å². The van der Waals surface area contributed by atoms with E-state index in [-0.39, 0.29) is 12.0 Å². The van der Waals surface area contributed by atoms with Crippen molar-refractivity contribution >= 4 is 10.2 Å². The fourth-order valence-corrected chi connectivity index (χ4v) is 5.07. The summed E-state index contributed by atoms with van der Waals surface area (Å²) < 4.78 is 40.0. The quantitative estimate of drug-likeness (QED) is 0.810. The molecule has 1 saturated heterocycles. The van der Waals surface area contributed by atoms with Gasteiger partial charge in [0.05, 0.1) is 18.8 Å². The van der Waals surface area contributed by atoms with Crippen LogP contribution in [0, 0.1) is 0 Å². The highest BCUT2D eigenvalue weighted by molar-refractivity contribution is 7.86. The molecule has 2 aliphatic heterocycles. The van der Waals surface area contributed by atoms with E-state index in [0.717, 1.165) is 24.3 Å². The van der Waals surface area contributed by atoms with Crippen LogP contribution in [0.3, 0.4) is 0 Å². The minimum atomic E-state index is -3.48. The van der Waals surface area contributed by atoms with Crippen molar-refractivity contribution in [2.75, 3.05) is 26.8 Å². The molecule has 1 unspecified atom stereocenters. The first-order valence-electron chi connectivity index (χ1n) is 8.17. The maximum absolute atomic E-state index is 13.0. The van der Waals surface area contributed by atoms with E-state index in [1.165, 1.54) is 4.31 Å². The van der Waals surface area contributed by atoms with Gasteiger partial charge >= 0.3 is 0 Å². The molecule has 7 nitrogen and oxygen atoms in total. The summed E-state index contributed by atoms with van der Waals surface area (Å²) in [6.07, 6.45) is 2.32. The van der Waals surface area contributed by atoms with Gasteiger partial charge in [0.2, 0.25) is 0 Å². The van der Waals surface area contributed by atoms with Gasteiger partial charge in [-0.2, -0.15) is 17.0 Å². The van der Waals surface area contributed by atoms with Gasteiger partial charge in [-0.05, 0) is 12.8 Å². The van der Waals surface area contributed by atoms with Gasteiger partial charge in [-0.3, -0.25) is 0 Å². The van der Waals surface area contributed by atoms with Crippen LogP contribution in [0.4, 0.5) is 0 Å². The highest BCUT2D eigenvalue weighted by Gasteiger charge is 2.40. The maximum Gasteiger partial charge on any atom is 0.282 e. The summed E-state index contributed by atoms with van der Waals surface area (Å²) in [5.74, 6) is 1.72. The lowest BCUT2D eigenvalue weighted by atomic mass is 10.2. The van der Waals surface area contributed by atoms with Crippen molar-refractivity contribution < 1.29 is 17.6 Å². The number of hydrogen-bond acceptors (Lipinski definition) is 5. The second kappa shape index (κ2) is 6.51. The fourth-order valence-electron chi connectivity index (χ4n) is 3.26. The summed E-state index contributed by atoms with van der Waals surface area (Å²) in [6.45, 7) is 5.79. The first kappa shape index (κ1) is 16.9. The molecular weight excluding hydrogens is 318 g/mol. The van der Waals surface area contributed by atoms with Crippen molar-refractivity contribution in [2.24, 2.45) is 0 Å². The molecule has 0 aromatic carbocycles. The Morgan fingerprint density at radius 2 is 2.17 bits per heavy atom. The van der Waals surface area contributed by atoms with Gasteiger partial charge in [0.15, 0.2) is 5.89 Å². The molecule has 0 radical (unpaired) electrons. The van der Waals surface area contributed by atoms with E-state index in [9.17, 15) is 8.42 Å². The third-order valence-electron chi connectivity index (χ3n) is 4.51. The number of rotatable bonds is 5. The summed E-state index contributed by atoms with van der Waals surface area (Å²) in [6, 6.07) is -0.0602. The number of ether oxygens (including phenoxy) is 1. The monoisotopic (exact) mass is 343 g/mol. The van der Waals surface area contributed by atoms with E-state index in [0.29, 0.717) is 38.6 Å². The van der Waals surface area contributed by atoms with Crippen LogP contribution in [0.25, 0.3) is 0 Å². The number of oxazole rings is 1. The molecule has 23 heavy (non-hydrogen) atoms. The van der Waals surface area contributed by atoms with Gasteiger partial charge in [0, 0.05) is 38.6 Å². The van der Waals surface area contributed by atoms with Crippen molar-refractivity contribution in [3.05, 3.63) is 17.3 Å². The molecule has 0 spiro atoms. The number of aromatic nitrogens is 1. The summed E-state index contributed by atoms with van der Waals surface area (Å²) in [5.41, 5.74) is 0.756. The predicted molar refractivity (Wildman–Crippen MR) is 85.2 cm³/mol. The normalized spacial score (nSPS) is 23.6. The predicted octanol–water partition coefficient (Wildman–Crippen LogP) is 1.51. The van der Waals surface area contributed by atoms with E-state index in [4.69, 9.17) is 9.15 Å². The summed E-state index contributed by atoms with van der Waals surface area (Å²) >= 11 is 0. The minimum absolute atomic E-state index is 0.0602. The molecule has 0 N–H and O–H groups in total. The Kier molecular flexibility index (Phi) is 4.78. The molecule has 1 fully saturated rings. The average molecular weight is 343 g/mol. The van der Waals surface area contributed by atoms with Crippen LogP contribution in [0.15, 0.2) is 4.42 Å². The molecule has 0 amide bonds. The third kappa shape index (κ3) is 3.17. The molecule has 8 heteroatoms. The molecule has 0 saturated carbocycles. The molecule has 130 valence electrons. The zero-order chi connectivity index (χ0) is 16.6. The molecule has 0 aliphatic carbocycles. The summed E-state index contributed by atoms with van der Waals surface area (Å²) in [7, 11) is -1.87. The lowest BCUT2D eigenvalue weighted by Gasteiger charge is -2.32. The Balaban J connectivity index is 1.79. The number of methoxy groups -OCH3 is 1. The standard InChI is InChI=1S/C15H25N3O4S/c1-11(2)15-16-13-9-17(8-6-14(13)22-15)23(19,20)18-7-4-5-12(18)10-21-3/h11-12H,4-10H2,1-3H3. The Labute approximate surface area is 137 Å². The smallest absolute Gasteiger partial charge is 0.282 e. The number of hydrogen-bond donors (Lipinski definition) is 0. The van der Waals surface area contributed by atoms with Crippen molar-refractivity contribution in [2.45, 2.75) is 51.6 Å². The third-order valence-corrected chi connectivity index (χ3v) is 6.55. The van der Waals surface area contributed by atoms with Crippen LogP contribution in [0.1, 0.15) is 50.0 Å². The van der Waals surface area contributed by atoms with Crippen molar-refractivity contribution in [3.63, 3.8) is 0 Å². The molecule has 1 aromatic rings. The van der Waals surface area contributed by atoms with E-state index < -0.39 is 10.2 Å². The molecule has 1 atom stereocenters. The van der Waals surface area contributed by atoms with Gasteiger partial charge in [-0.15, -0.1) is 0 Å². The van der Waals surface area contributed by atoms with Crippen LogP contribution in [-0.4, -0.2) is 54.9 Å². The summed E-state index contributed by atoms with van der Waals surface area (Å²) in [4.78, 5) is 4.48. The summed E-state index contributed by atoms with van der Waals surface area (Å²) in [5, 5.41) is 0. The van der Waals surface area contributed by atoms with Crippen molar-refractivity contribution in [1.82, 2.24) is 13.6 Å². The Morgan fingerprint density at radius 1 is 1.39 bits per heavy atom. The van der Waals surface area contributed by atoms with Crippen LogP contribution in [0.2, 0.25) is 0 Å². The van der Waals surface area contributed by atoms with Gasteiger partial charge < -0.3 is 9.15 Å². The highest BCUT2D eigenvalue weighted by Crippen LogP contribution is 2.29. The largest absolute Gasteiger partial charge is 0.445 e. The van der Waals surface area contributed by atoms with E-state index in [2.05, 4.69) is 4.98 Å². The second-order valence-electron chi connectivity index (χ2n) is 6.53. The van der Waals surface area contributed by atoms with Crippen LogP contribution in [0.5, 0.6) is 0 Å². The lowest BCUT2D eigenvalue weighted by molar-refractivity contribution is 0.145. The number of nitrogens with zero attached hydrogens (tertiary/aromatic N) is 3. The van der Waals surface area contributed by atoms with Crippen LogP contribution < -0.4 is 0 Å². The zero-order valence-electron chi connectivity index (χ0n) is 14.0. The molecule has 1 aromatic heterocycles. The average Bonchev–Trinajstić information content (AvgIpc) is 3.13. The second-order valence-corrected chi connectivity index (χ2v) is 8.41.